The maximum absolute atomic E-state index is 4.74. The van der Waals surface area contributed by atoms with E-state index in [1.54, 1.807) is 13.2 Å². The van der Waals surface area contributed by atoms with E-state index < -0.39 is 0 Å². The highest BCUT2D eigenvalue weighted by Gasteiger charge is 1.97. The van der Waals surface area contributed by atoms with Crippen LogP contribution in [-0.2, 0) is 4.74 Å². The third-order valence-corrected chi connectivity index (χ3v) is 2.00. The third kappa shape index (κ3) is 2.70. The van der Waals surface area contributed by atoms with Gasteiger partial charge in [0, 0.05) is 10.0 Å². The second-order valence-electron chi connectivity index (χ2n) is 2.38. The van der Waals surface area contributed by atoms with Crippen LogP contribution in [0.4, 0.5) is 5.69 Å². The van der Waals surface area contributed by atoms with E-state index >= 15 is 0 Å². The van der Waals surface area contributed by atoms with Crippen molar-refractivity contribution in [1.82, 2.24) is 0 Å². The van der Waals surface area contributed by atoms with Crippen molar-refractivity contribution in [2.24, 2.45) is 4.99 Å². The van der Waals surface area contributed by atoms with E-state index in [1.807, 2.05) is 18.2 Å². The van der Waals surface area contributed by atoms with Crippen molar-refractivity contribution in [2.75, 3.05) is 7.11 Å². The van der Waals surface area contributed by atoms with Gasteiger partial charge in [0.1, 0.15) is 0 Å². The number of aliphatic imine (C=N–C) groups is 1. The number of benzene rings is 1. The minimum absolute atomic E-state index is 0.847. The molecule has 0 saturated heterocycles. The number of nitrogens with zero attached hydrogens (tertiary/aromatic N) is 1. The molecule has 0 aliphatic carbocycles. The van der Waals surface area contributed by atoms with Gasteiger partial charge in [0.15, 0.2) is 6.40 Å². The van der Waals surface area contributed by atoms with Crippen LogP contribution < -0.4 is 0 Å². The first-order chi connectivity index (χ1) is 6.27. The molecule has 3 heteroatoms. The van der Waals surface area contributed by atoms with Crippen molar-refractivity contribution in [3.05, 3.63) is 34.8 Å². The van der Waals surface area contributed by atoms with Crippen molar-refractivity contribution in [3.8, 4) is 0 Å². The van der Waals surface area contributed by atoms with Gasteiger partial charge in [0.05, 0.1) is 12.8 Å². The Labute approximate surface area is 86.1 Å². The van der Waals surface area contributed by atoms with Gasteiger partial charge >= 0.3 is 0 Å². The molecule has 0 aliphatic rings. The topological polar surface area (TPSA) is 21.6 Å². The summed E-state index contributed by atoms with van der Waals surface area (Å²) < 4.78 is 5.75. The second kappa shape index (κ2) is 4.82. The number of hydrogen-bond donors (Lipinski definition) is 0. The van der Waals surface area contributed by atoms with Gasteiger partial charge < -0.3 is 4.74 Å². The molecule has 0 amide bonds. The summed E-state index contributed by atoms with van der Waals surface area (Å²) in [6, 6.07) is 5.78. The van der Waals surface area contributed by atoms with E-state index in [0.29, 0.717) is 0 Å². The van der Waals surface area contributed by atoms with Crippen LogP contribution in [0, 0.1) is 0 Å². The van der Waals surface area contributed by atoms with Gasteiger partial charge in [0.25, 0.3) is 0 Å². The van der Waals surface area contributed by atoms with Gasteiger partial charge in [0.2, 0.25) is 0 Å². The summed E-state index contributed by atoms with van der Waals surface area (Å²) in [5.41, 5.74) is 1.82. The largest absolute Gasteiger partial charge is 0.486 e. The lowest BCUT2D eigenvalue weighted by Crippen LogP contribution is -1.78. The van der Waals surface area contributed by atoms with E-state index in [-0.39, 0.29) is 0 Å². The minimum Gasteiger partial charge on any atom is -0.486 e. The zero-order valence-electron chi connectivity index (χ0n) is 7.33. The molecule has 1 aromatic rings. The van der Waals surface area contributed by atoms with Crippen molar-refractivity contribution in [1.29, 1.82) is 0 Å². The first-order valence-corrected chi connectivity index (χ1v) is 4.54. The summed E-state index contributed by atoms with van der Waals surface area (Å²) in [6.07, 6.45) is 3.16. The van der Waals surface area contributed by atoms with Crippen LogP contribution in [0.5, 0.6) is 0 Å². The SMILES string of the molecule is C=Cc1cc(Br)ccc1N=COC. The fraction of sp³-hybridized carbons (Fsp3) is 0.100. The van der Waals surface area contributed by atoms with E-state index in [4.69, 9.17) is 4.74 Å². The summed E-state index contributed by atoms with van der Waals surface area (Å²) >= 11 is 3.37. The predicted octanol–water partition coefficient (Wildman–Crippen LogP) is 3.40. The van der Waals surface area contributed by atoms with Crippen LogP contribution in [0.3, 0.4) is 0 Å². The Morgan fingerprint density at radius 1 is 1.54 bits per heavy atom. The standard InChI is InChI=1S/C10H10BrNO/c1-3-8-6-9(11)4-5-10(8)12-7-13-2/h3-7H,1H2,2H3. The summed E-state index contributed by atoms with van der Waals surface area (Å²) in [5, 5.41) is 0. The first-order valence-electron chi connectivity index (χ1n) is 3.75. The molecule has 1 aromatic carbocycles. The van der Waals surface area contributed by atoms with Crippen LogP contribution in [0.15, 0.2) is 34.2 Å². The monoisotopic (exact) mass is 239 g/mol. The number of hydrogen-bond acceptors (Lipinski definition) is 2. The molecule has 0 saturated carbocycles. The van der Waals surface area contributed by atoms with Gasteiger partial charge in [-0.15, -0.1) is 0 Å². The lowest BCUT2D eigenvalue weighted by molar-refractivity contribution is 0.423. The fourth-order valence-electron chi connectivity index (χ4n) is 0.916. The maximum atomic E-state index is 4.74. The molecule has 13 heavy (non-hydrogen) atoms. The van der Waals surface area contributed by atoms with Crippen molar-refractivity contribution < 1.29 is 4.74 Å². The predicted molar refractivity (Wildman–Crippen MR) is 59.4 cm³/mol. The summed E-state index contributed by atoms with van der Waals surface area (Å²) in [5.74, 6) is 0. The maximum Gasteiger partial charge on any atom is 0.174 e. The van der Waals surface area contributed by atoms with E-state index in [2.05, 4.69) is 27.5 Å². The fourth-order valence-corrected chi connectivity index (χ4v) is 1.29. The quantitative estimate of drug-likeness (QED) is 0.586. The minimum atomic E-state index is 0.847. The van der Waals surface area contributed by atoms with Crippen LogP contribution >= 0.6 is 15.9 Å². The Morgan fingerprint density at radius 2 is 2.31 bits per heavy atom. The Hall–Kier alpha value is -1.09. The molecule has 0 bridgehead atoms. The van der Waals surface area contributed by atoms with E-state index in [0.717, 1.165) is 15.7 Å². The molecule has 0 atom stereocenters. The van der Waals surface area contributed by atoms with E-state index in [1.165, 1.54) is 6.40 Å². The van der Waals surface area contributed by atoms with E-state index in [9.17, 15) is 0 Å². The molecule has 0 radical (unpaired) electrons. The van der Waals surface area contributed by atoms with Gasteiger partial charge in [-0.2, -0.15) is 0 Å². The molecule has 2 nitrogen and oxygen atoms in total. The molecular formula is C10H10BrNO. The average molecular weight is 240 g/mol. The van der Waals surface area contributed by atoms with Crippen LogP contribution in [0.25, 0.3) is 6.08 Å². The second-order valence-corrected chi connectivity index (χ2v) is 3.29. The zero-order chi connectivity index (χ0) is 9.68. The molecule has 0 spiro atoms. The average Bonchev–Trinajstić information content (AvgIpc) is 2.16. The number of methoxy groups -OCH3 is 1. The zero-order valence-corrected chi connectivity index (χ0v) is 8.91. The summed E-state index contributed by atoms with van der Waals surface area (Å²) in [4.78, 5) is 4.10. The number of ether oxygens (including phenoxy) is 1. The lowest BCUT2D eigenvalue weighted by Gasteiger charge is -2.00. The molecule has 0 fully saturated rings. The van der Waals surface area contributed by atoms with Crippen LogP contribution in [0.2, 0.25) is 0 Å². The van der Waals surface area contributed by atoms with Crippen molar-refractivity contribution in [2.45, 2.75) is 0 Å². The Balaban J connectivity index is 3.06. The Bertz CT molecular complexity index is 334. The number of halogens is 1. The molecule has 0 aliphatic heterocycles. The molecule has 0 aromatic heterocycles. The highest BCUT2D eigenvalue weighted by Crippen LogP contribution is 2.23. The highest BCUT2D eigenvalue weighted by molar-refractivity contribution is 9.10. The Morgan fingerprint density at radius 3 is 2.92 bits per heavy atom. The van der Waals surface area contributed by atoms with Gasteiger partial charge in [-0.1, -0.05) is 28.6 Å². The van der Waals surface area contributed by atoms with Gasteiger partial charge in [-0.25, -0.2) is 4.99 Å². The smallest absolute Gasteiger partial charge is 0.174 e. The Kier molecular flexibility index (Phi) is 3.71. The molecule has 1 rings (SSSR count). The molecular weight excluding hydrogens is 230 g/mol. The third-order valence-electron chi connectivity index (χ3n) is 1.51. The first kappa shape index (κ1) is 9.99. The lowest BCUT2D eigenvalue weighted by atomic mass is 10.2. The van der Waals surface area contributed by atoms with Crippen molar-refractivity contribution in [3.63, 3.8) is 0 Å². The molecule has 0 heterocycles. The van der Waals surface area contributed by atoms with Crippen molar-refractivity contribution >= 4 is 34.1 Å². The van der Waals surface area contributed by atoms with Crippen LogP contribution in [-0.4, -0.2) is 13.5 Å². The molecule has 68 valence electrons. The summed E-state index contributed by atoms with van der Waals surface area (Å²) in [7, 11) is 1.57. The highest BCUT2D eigenvalue weighted by atomic mass is 79.9. The molecule has 0 N–H and O–H groups in total. The van der Waals surface area contributed by atoms with Crippen LogP contribution in [0.1, 0.15) is 5.56 Å². The summed E-state index contributed by atoms with van der Waals surface area (Å²) in [6.45, 7) is 3.71. The molecule has 0 unspecified atom stereocenters. The number of rotatable bonds is 3. The van der Waals surface area contributed by atoms with Gasteiger partial charge in [-0.05, 0) is 18.2 Å². The van der Waals surface area contributed by atoms with Gasteiger partial charge in [-0.3, -0.25) is 0 Å². The normalized spacial score (nSPS) is 10.3.